The van der Waals surface area contributed by atoms with E-state index < -0.39 is 7.60 Å². The van der Waals surface area contributed by atoms with E-state index in [1.165, 1.54) is 6.08 Å². The molecule has 0 aromatic heterocycles. The van der Waals surface area contributed by atoms with Crippen LogP contribution in [0.2, 0.25) is 0 Å². The van der Waals surface area contributed by atoms with Crippen molar-refractivity contribution >= 4 is 24.7 Å². The molecule has 6 nitrogen and oxygen atoms in total. The van der Waals surface area contributed by atoms with Crippen LogP contribution in [0.25, 0.3) is 5.53 Å². The van der Waals surface area contributed by atoms with Gasteiger partial charge in [0.2, 0.25) is 0 Å². The maximum absolute atomic E-state index is 11.3. The van der Waals surface area contributed by atoms with Crippen molar-refractivity contribution in [3.63, 3.8) is 0 Å². The minimum atomic E-state index is -4.47. The Kier molecular flexibility index (Phi) is 3.88. The first-order valence-electron chi connectivity index (χ1n) is 5.62. The van der Waals surface area contributed by atoms with E-state index >= 15 is 0 Å². The molecule has 0 heterocycles. The Bertz CT molecular complexity index is 639. The third-order valence-corrected chi connectivity index (χ3v) is 3.70. The van der Waals surface area contributed by atoms with Gasteiger partial charge < -0.3 is 15.3 Å². The Morgan fingerprint density at radius 1 is 1.21 bits per heavy atom. The van der Waals surface area contributed by atoms with Crippen LogP contribution in [0.1, 0.15) is 12.8 Å². The van der Waals surface area contributed by atoms with Gasteiger partial charge in [0.05, 0.1) is 12.1 Å². The third-order valence-electron chi connectivity index (χ3n) is 2.68. The smallest absolute Gasteiger partial charge is 0.361 e. The molecule has 0 fully saturated rings. The van der Waals surface area contributed by atoms with Crippen LogP contribution in [0.5, 0.6) is 0 Å². The van der Waals surface area contributed by atoms with Gasteiger partial charge in [-0.05, 0) is 18.2 Å². The van der Waals surface area contributed by atoms with Gasteiger partial charge in [-0.25, -0.2) is 0 Å². The molecule has 1 aliphatic rings. The molecule has 1 aromatic carbocycles. The minimum absolute atomic E-state index is 0.0142. The highest BCUT2D eigenvalue weighted by Gasteiger charge is 2.35. The molecule has 0 saturated carbocycles. The fourth-order valence-corrected chi connectivity index (χ4v) is 2.61. The van der Waals surface area contributed by atoms with Gasteiger partial charge in [-0.15, -0.1) is 0 Å². The summed E-state index contributed by atoms with van der Waals surface area (Å²) < 4.78 is 11.3. The molecule has 0 spiro atoms. The van der Waals surface area contributed by atoms with E-state index in [-0.39, 0.29) is 17.4 Å². The predicted octanol–water partition coefficient (Wildman–Crippen LogP) is 2.29. The maximum atomic E-state index is 11.3. The van der Waals surface area contributed by atoms with Gasteiger partial charge in [0.25, 0.3) is 0 Å². The number of benzene rings is 1. The first kappa shape index (κ1) is 13.6. The standard InChI is InChI=1S/C12H12N3O3P/c13-15-11-7-6-10(8-12(11)19(16,17)18)14-9-4-2-1-3-5-9/h1-5,8H,6-7H2,(H2,16,17,18). The molecule has 0 unspecified atom stereocenters. The van der Waals surface area contributed by atoms with Gasteiger partial charge >= 0.3 is 13.3 Å². The first-order chi connectivity index (χ1) is 9.00. The lowest BCUT2D eigenvalue weighted by atomic mass is 10.0. The summed E-state index contributed by atoms with van der Waals surface area (Å²) in [6, 6.07) is 9.12. The number of nitrogens with zero attached hydrogens (tertiary/aromatic N) is 3. The number of hydrogen-bond acceptors (Lipinski definition) is 2. The Labute approximate surface area is 109 Å². The van der Waals surface area contributed by atoms with Gasteiger partial charge in [0, 0.05) is 12.1 Å². The fourth-order valence-electron chi connectivity index (χ4n) is 1.80. The molecule has 0 saturated heterocycles. The number of rotatable bonds is 2. The molecule has 1 aromatic rings. The Morgan fingerprint density at radius 2 is 1.89 bits per heavy atom. The van der Waals surface area contributed by atoms with E-state index in [9.17, 15) is 14.4 Å². The number of allylic oxidation sites excluding steroid dienone is 2. The SMILES string of the molecule is [N-]=[N+]=C1CCC(=Nc2ccccc2)C=C1P(=O)(O)O. The predicted molar refractivity (Wildman–Crippen MR) is 71.5 cm³/mol. The van der Waals surface area contributed by atoms with Crippen LogP contribution in [-0.2, 0) is 4.57 Å². The van der Waals surface area contributed by atoms with E-state index in [0.717, 1.165) is 0 Å². The molecule has 0 atom stereocenters. The largest absolute Gasteiger partial charge is 0.363 e. The van der Waals surface area contributed by atoms with E-state index in [1.807, 2.05) is 18.2 Å². The molecular weight excluding hydrogens is 265 g/mol. The highest BCUT2D eigenvalue weighted by Crippen LogP contribution is 2.47. The summed E-state index contributed by atoms with van der Waals surface area (Å²) in [6.07, 6.45) is 2.02. The average molecular weight is 277 g/mol. The summed E-state index contributed by atoms with van der Waals surface area (Å²) in [5.41, 5.74) is 10.0. The van der Waals surface area contributed by atoms with Crippen LogP contribution in [0.4, 0.5) is 5.69 Å². The number of para-hydroxylation sites is 1. The van der Waals surface area contributed by atoms with E-state index in [0.29, 0.717) is 17.8 Å². The summed E-state index contributed by atoms with van der Waals surface area (Å²) >= 11 is 0. The van der Waals surface area contributed by atoms with Gasteiger partial charge in [-0.2, -0.15) is 4.79 Å². The van der Waals surface area contributed by atoms with Crippen LogP contribution in [0.3, 0.4) is 0 Å². The molecule has 7 heteroatoms. The van der Waals surface area contributed by atoms with Crippen molar-refractivity contribution in [1.29, 1.82) is 0 Å². The first-order valence-corrected chi connectivity index (χ1v) is 7.23. The van der Waals surface area contributed by atoms with Gasteiger partial charge in [-0.1, -0.05) is 18.2 Å². The van der Waals surface area contributed by atoms with Crippen LogP contribution < -0.4 is 0 Å². The van der Waals surface area contributed by atoms with Crippen molar-refractivity contribution in [1.82, 2.24) is 0 Å². The molecule has 0 aliphatic heterocycles. The lowest BCUT2D eigenvalue weighted by Crippen LogP contribution is -2.15. The van der Waals surface area contributed by atoms with Gasteiger partial charge in [0.15, 0.2) is 0 Å². The van der Waals surface area contributed by atoms with Crippen molar-refractivity contribution in [3.8, 4) is 0 Å². The highest BCUT2D eigenvalue weighted by molar-refractivity contribution is 7.58. The highest BCUT2D eigenvalue weighted by atomic mass is 31.2. The zero-order valence-corrected chi connectivity index (χ0v) is 10.9. The zero-order chi connectivity index (χ0) is 13.9. The van der Waals surface area contributed by atoms with Gasteiger partial charge in [0.1, 0.15) is 5.31 Å². The molecule has 2 N–H and O–H groups in total. The molecule has 2 rings (SSSR count). The van der Waals surface area contributed by atoms with E-state index in [4.69, 9.17) is 5.53 Å². The summed E-state index contributed by atoms with van der Waals surface area (Å²) in [5, 5.41) is -0.268. The normalized spacial score (nSPS) is 18.1. The molecule has 98 valence electrons. The van der Waals surface area contributed by atoms with Crippen molar-refractivity contribution in [2.75, 3.05) is 0 Å². The summed E-state index contributed by atoms with van der Waals surface area (Å²) in [4.78, 5) is 25.7. The quantitative estimate of drug-likeness (QED) is 0.492. The van der Waals surface area contributed by atoms with Crippen molar-refractivity contribution in [2.24, 2.45) is 4.99 Å². The van der Waals surface area contributed by atoms with Crippen LogP contribution in [0.15, 0.2) is 46.7 Å². The van der Waals surface area contributed by atoms with E-state index in [1.54, 1.807) is 12.1 Å². The zero-order valence-electron chi connectivity index (χ0n) is 9.97. The number of hydrogen-bond donors (Lipinski definition) is 2. The summed E-state index contributed by atoms with van der Waals surface area (Å²) in [7, 11) is -4.47. The van der Waals surface area contributed by atoms with E-state index in [2.05, 4.69) is 9.78 Å². The number of aliphatic imine (C=N–C) groups is 1. The topological polar surface area (TPSA) is 106 Å². The second-order valence-electron chi connectivity index (χ2n) is 4.06. The average Bonchev–Trinajstić information content (AvgIpc) is 2.39. The molecule has 0 bridgehead atoms. The van der Waals surface area contributed by atoms with Crippen LogP contribution in [-0.4, -0.2) is 26.0 Å². The Morgan fingerprint density at radius 3 is 2.47 bits per heavy atom. The Balaban J connectivity index is 2.43. The monoisotopic (exact) mass is 277 g/mol. The van der Waals surface area contributed by atoms with Crippen LogP contribution in [0, 0.1) is 0 Å². The minimum Gasteiger partial charge on any atom is -0.361 e. The second kappa shape index (κ2) is 5.43. The van der Waals surface area contributed by atoms with Crippen molar-refractivity contribution < 1.29 is 19.1 Å². The maximum Gasteiger partial charge on any atom is 0.363 e. The summed E-state index contributed by atoms with van der Waals surface area (Å²) in [5.74, 6) is 0. The van der Waals surface area contributed by atoms with Gasteiger partial charge in [-0.3, -0.25) is 9.56 Å². The molecule has 0 amide bonds. The third kappa shape index (κ3) is 3.34. The Hall–Kier alpha value is -1.84. The lowest BCUT2D eigenvalue weighted by Gasteiger charge is -2.11. The lowest BCUT2D eigenvalue weighted by molar-refractivity contribution is -0.00682. The summed E-state index contributed by atoms with van der Waals surface area (Å²) in [6.45, 7) is 0. The van der Waals surface area contributed by atoms with Crippen LogP contribution >= 0.6 is 7.60 Å². The second-order valence-corrected chi connectivity index (χ2v) is 5.63. The molecule has 0 radical (unpaired) electrons. The van der Waals surface area contributed by atoms with Crippen molar-refractivity contribution in [3.05, 3.63) is 47.3 Å². The molecule has 1 aliphatic carbocycles. The molecule has 19 heavy (non-hydrogen) atoms. The van der Waals surface area contributed by atoms with Crippen molar-refractivity contribution in [2.45, 2.75) is 12.8 Å². The molecular formula is C12H12N3O3P. The fraction of sp³-hybridized carbons (Fsp3) is 0.167.